The quantitative estimate of drug-likeness (QED) is 0.911. The number of amides is 1. The van der Waals surface area contributed by atoms with Gasteiger partial charge in [-0.3, -0.25) is 4.79 Å². The summed E-state index contributed by atoms with van der Waals surface area (Å²) in [5, 5.41) is 3.66. The van der Waals surface area contributed by atoms with Crippen LogP contribution < -0.4 is 5.32 Å². The molecule has 1 N–H and O–H groups in total. The fraction of sp³-hybridized carbons (Fsp3) is 0.500. The predicted octanol–water partition coefficient (Wildman–Crippen LogP) is 2.41. The maximum atomic E-state index is 11.9. The Hall–Kier alpha value is -1.06. The smallest absolute Gasteiger partial charge is 0.251 e. The minimum absolute atomic E-state index is 0.00871. The van der Waals surface area contributed by atoms with Crippen molar-refractivity contribution in [3.63, 3.8) is 0 Å². The number of nitrogens with zero attached hydrogens (tertiary/aromatic N) is 1. The molecule has 1 saturated heterocycles. The predicted molar refractivity (Wildman–Crippen MR) is 74.0 cm³/mol. The number of rotatable bonds is 3. The van der Waals surface area contributed by atoms with E-state index in [1.54, 1.807) is 24.3 Å². The molecule has 0 bridgehead atoms. The zero-order valence-corrected chi connectivity index (χ0v) is 11.4. The molecule has 1 aromatic rings. The van der Waals surface area contributed by atoms with Crippen LogP contribution in [0.25, 0.3) is 0 Å². The number of carbonyl (C=O) groups excluding carboxylic acids is 1. The Morgan fingerprint density at radius 2 is 1.94 bits per heavy atom. The Morgan fingerprint density at radius 1 is 1.33 bits per heavy atom. The lowest BCUT2D eigenvalue weighted by Gasteiger charge is -2.28. The molecular formula is C14H19ClN2O. The molecule has 98 valence electrons. The van der Waals surface area contributed by atoms with Crippen LogP contribution in [-0.4, -0.2) is 37.5 Å². The summed E-state index contributed by atoms with van der Waals surface area (Å²) in [7, 11) is 2.14. The molecular weight excluding hydrogens is 248 g/mol. The molecule has 18 heavy (non-hydrogen) atoms. The van der Waals surface area contributed by atoms with E-state index in [0.717, 1.165) is 32.5 Å². The van der Waals surface area contributed by atoms with Crippen LogP contribution in [0.2, 0.25) is 5.02 Å². The van der Waals surface area contributed by atoms with Gasteiger partial charge in [-0.1, -0.05) is 11.6 Å². The van der Waals surface area contributed by atoms with Crippen molar-refractivity contribution in [3.05, 3.63) is 34.9 Å². The van der Waals surface area contributed by atoms with Crippen LogP contribution in [0.15, 0.2) is 24.3 Å². The Bertz CT molecular complexity index is 397. The summed E-state index contributed by atoms with van der Waals surface area (Å²) in [5.74, 6) is 0.600. The van der Waals surface area contributed by atoms with Crippen LogP contribution in [0.3, 0.4) is 0 Å². The molecule has 1 heterocycles. The van der Waals surface area contributed by atoms with Crippen molar-refractivity contribution in [2.75, 3.05) is 26.7 Å². The van der Waals surface area contributed by atoms with E-state index in [9.17, 15) is 4.79 Å². The number of hydrogen-bond donors (Lipinski definition) is 1. The maximum absolute atomic E-state index is 11.9. The van der Waals surface area contributed by atoms with Crippen LogP contribution in [0.1, 0.15) is 23.2 Å². The monoisotopic (exact) mass is 266 g/mol. The van der Waals surface area contributed by atoms with Gasteiger partial charge in [0.25, 0.3) is 5.91 Å². The Kier molecular flexibility index (Phi) is 4.61. The van der Waals surface area contributed by atoms with Gasteiger partial charge in [-0.25, -0.2) is 0 Å². The van der Waals surface area contributed by atoms with Crippen molar-refractivity contribution in [3.8, 4) is 0 Å². The van der Waals surface area contributed by atoms with Gasteiger partial charge in [-0.15, -0.1) is 0 Å². The van der Waals surface area contributed by atoms with Gasteiger partial charge in [0.05, 0.1) is 0 Å². The fourth-order valence-electron chi connectivity index (χ4n) is 2.21. The normalized spacial score (nSPS) is 17.7. The molecule has 0 aliphatic carbocycles. The molecule has 2 rings (SSSR count). The van der Waals surface area contributed by atoms with E-state index >= 15 is 0 Å². The highest BCUT2D eigenvalue weighted by Gasteiger charge is 2.17. The highest BCUT2D eigenvalue weighted by atomic mass is 35.5. The van der Waals surface area contributed by atoms with E-state index in [0.29, 0.717) is 16.5 Å². The Balaban J connectivity index is 1.79. The van der Waals surface area contributed by atoms with E-state index in [2.05, 4.69) is 17.3 Å². The van der Waals surface area contributed by atoms with Gasteiger partial charge < -0.3 is 10.2 Å². The molecule has 0 atom stereocenters. The second-order valence-corrected chi connectivity index (χ2v) is 5.40. The first kappa shape index (κ1) is 13.4. The largest absolute Gasteiger partial charge is 0.352 e. The molecule has 0 aromatic heterocycles. The number of nitrogens with one attached hydrogen (secondary N) is 1. The van der Waals surface area contributed by atoms with Crippen molar-refractivity contribution in [1.82, 2.24) is 10.2 Å². The third-order valence-corrected chi connectivity index (χ3v) is 3.75. The molecule has 1 aliphatic rings. The molecule has 4 heteroatoms. The van der Waals surface area contributed by atoms with Crippen molar-refractivity contribution >= 4 is 17.5 Å². The minimum atomic E-state index is -0.00871. The van der Waals surface area contributed by atoms with E-state index in [4.69, 9.17) is 11.6 Å². The van der Waals surface area contributed by atoms with Gasteiger partial charge in [0.2, 0.25) is 0 Å². The van der Waals surface area contributed by atoms with E-state index in [1.165, 1.54) is 0 Å². The van der Waals surface area contributed by atoms with Crippen LogP contribution >= 0.6 is 11.6 Å². The molecule has 0 spiro atoms. The van der Waals surface area contributed by atoms with Gasteiger partial charge in [0, 0.05) is 17.1 Å². The van der Waals surface area contributed by atoms with Gasteiger partial charge in [0.15, 0.2) is 0 Å². The first-order valence-corrected chi connectivity index (χ1v) is 6.75. The average Bonchev–Trinajstić information content (AvgIpc) is 2.38. The molecule has 0 saturated carbocycles. The van der Waals surface area contributed by atoms with Crippen molar-refractivity contribution in [2.24, 2.45) is 5.92 Å². The number of carbonyl (C=O) groups is 1. The zero-order valence-electron chi connectivity index (χ0n) is 10.7. The first-order chi connectivity index (χ1) is 8.65. The number of likely N-dealkylation sites (tertiary alicyclic amines) is 1. The summed E-state index contributed by atoms with van der Waals surface area (Å²) in [4.78, 5) is 14.2. The molecule has 3 nitrogen and oxygen atoms in total. The van der Waals surface area contributed by atoms with E-state index in [-0.39, 0.29) is 5.91 Å². The van der Waals surface area contributed by atoms with E-state index < -0.39 is 0 Å². The SMILES string of the molecule is CN1CCC(CNC(=O)c2ccc(Cl)cc2)CC1. The summed E-state index contributed by atoms with van der Waals surface area (Å²) in [6, 6.07) is 7.00. The molecule has 0 radical (unpaired) electrons. The molecule has 1 aromatic carbocycles. The third-order valence-electron chi connectivity index (χ3n) is 3.50. The first-order valence-electron chi connectivity index (χ1n) is 6.37. The molecule has 1 aliphatic heterocycles. The minimum Gasteiger partial charge on any atom is -0.352 e. The standard InChI is InChI=1S/C14H19ClN2O/c1-17-8-6-11(7-9-17)10-16-14(18)12-2-4-13(15)5-3-12/h2-5,11H,6-10H2,1H3,(H,16,18). The second kappa shape index (κ2) is 6.21. The van der Waals surface area contributed by atoms with Gasteiger partial charge in [-0.2, -0.15) is 0 Å². The summed E-state index contributed by atoms with van der Waals surface area (Å²) in [6.07, 6.45) is 2.33. The van der Waals surface area contributed by atoms with Gasteiger partial charge >= 0.3 is 0 Å². The summed E-state index contributed by atoms with van der Waals surface area (Å²) >= 11 is 5.79. The van der Waals surface area contributed by atoms with Gasteiger partial charge in [-0.05, 0) is 63.2 Å². The highest BCUT2D eigenvalue weighted by Crippen LogP contribution is 2.15. The third kappa shape index (κ3) is 3.72. The average molecular weight is 267 g/mol. The van der Waals surface area contributed by atoms with Crippen LogP contribution in [-0.2, 0) is 0 Å². The molecule has 1 amide bonds. The summed E-state index contributed by atoms with van der Waals surface area (Å²) < 4.78 is 0. The molecule has 0 unspecified atom stereocenters. The summed E-state index contributed by atoms with van der Waals surface area (Å²) in [6.45, 7) is 3.03. The second-order valence-electron chi connectivity index (χ2n) is 4.96. The maximum Gasteiger partial charge on any atom is 0.251 e. The van der Waals surface area contributed by atoms with Crippen molar-refractivity contribution < 1.29 is 4.79 Å². The van der Waals surface area contributed by atoms with Crippen LogP contribution in [0.4, 0.5) is 0 Å². The lowest BCUT2D eigenvalue weighted by Crippen LogP contribution is -2.36. The lowest BCUT2D eigenvalue weighted by molar-refractivity contribution is 0.0939. The summed E-state index contributed by atoms with van der Waals surface area (Å²) in [5.41, 5.74) is 0.673. The topological polar surface area (TPSA) is 32.3 Å². The Labute approximate surface area is 113 Å². The fourth-order valence-corrected chi connectivity index (χ4v) is 2.33. The highest BCUT2D eigenvalue weighted by molar-refractivity contribution is 6.30. The van der Waals surface area contributed by atoms with E-state index in [1.807, 2.05) is 0 Å². The van der Waals surface area contributed by atoms with Crippen LogP contribution in [0, 0.1) is 5.92 Å². The van der Waals surface area contributed by atoms with Gasteiger partial charge in [0.1, 0.15) is 0 Å². The van der Waals surface area contributed by atoms with Crippen molar-refractivity contribution in [2.45, 2.75) is 12.8 Å². The van der Waals surface area contributed by atoms with Crippen LogP contribution in [0.5, 0.6) is 0 Å². The number of benzene rings is 1. The molecule has 1 fully saturated rings. The number of halogens is 1. The Morgan fingerprint density at radius 3 is 2.56 bits per heavy atom. The lowest BCUT2D eigenvalue weighted by atomic mass is 9.97. The van der Waals surface area contributed by atoms with Crippen molar-refractivity contribution in [1.29, 1.82) is 0 Å². The number of hydrogen-bond acceptors (Lipinski definition) is 2. The zero-order chi connectivity index (χ0) is 13.0. The number of piperidine rings is 1.